The Morgan fingerprint density at radius 3 is 2.25 bits per heavy atom. The van der Waals surface area contributed by atoms with Crippen LogP contribution in [-0.2, 0) is 14.4 Å². The van der Waals surface area contributed by atoms with Gasteiger partial charge in [0.05, 0.1) is 7.11 Å². The number of hydrogen-bond donors (Lipinski definition) is 3. The monoisotopic (exact) mass is 445 g/mol. The fourth-order valence-electron chi connectivity index (χ4n) is 4.06. The molecule has 0 aliphatic heterocycles. The van der Waals surface area contributed by atoms with Gasteiger partial charge in [0.1, 0.15) is 17.8 Å². The minimum atomic E-state index is -0.793. The number of ether oxygens (including phenoxy) is 1. The third-order valence-corrected chi connectivity index (χ3v) is 5.59. The molecule has 0 aromatic heterocycles. The molecule has 3 amide bonds. The number of ketones is 1. The maximum atomic E-state index is 12.9. The Bertz CT molecular complexity index is 865. The predicted molar refractivity (Wildman–Crippen MR) is 121 cm³/mol. The molecule has 1 aliphatic carbocycles. The summed E-state index contributed by atoms with van der Waals surface area (Å²) >= 11 is 0. The van der Waals surface area contributed by atoms with Gasteiger partial charge in [-0.25, -0.2) is 0 Å². The van der Waals surface area contributed by atoms with Gasteiger partial charge in [0.15, 0.2) is 5.78 Å². The Balaban J connectivity index is 2.09. The molecular weight excluding hydrogens is 410 g/mol. The minimum absolute atomic E-state index is 0.00471. The Hall–Kier alpha value is -2.90. The van der Waals surface area contributed by atoms with E-state index in [9.17, 15) is 19.2 Å². The number of methoxy groups -OCH3 is 1. The van der Waals surface area contributed by atoms with Gasteiger partial charge in [-0.3, -0.25) is 19.2 Å². The van der Waals surface area contributed by atoms with E-state index >= 15 is 0 Å². The van der Waals surface area contributed by atoms with Crippen LogP contribution in [0.25, 0.3) is 0 Å². The number of carbonyl (C=O) groups is 4. The molecule has 32 heavy (non-hydrogen) atoms. The highest BCUT2D eigenvalue weighted by Gasteiger charge is 2.33. The molecule has 0 saturated heterocycles. The van der Waals surface area contributed by atoms with Crippen molar-refractivity contribution < 1.29 is 23.9 Å². The number of nitrogens with one attached hydrogen (secondary N) is 2. The minimum Gasteiger partial charge on any atom is -0.497 e. The normalized spacial score (nSPS) is 17.1. The molecule has 3 atom stereocenters. The van der Waals surface area contributed by atoms with Crippen LogP contribution in [0.1, 0.15) is 75.2 Å². The van der Waals surface area contributed by atoms with Crippen LogP contribution in [0.4, 0.5) is 0 Å². The fourth-order valence-corrected chi connectivity index (χ4v) is 4.06. The highest BCUT2D eigenvalue weighted by Crippen LogP contribution is 2.37. The first-order chi connectivity index (χ1) is 15.0. The standard InChI is InChI=1S/C24H35N3O5/c1-13(2)8-19(23(25)30)27-24(31)20(9-14(3)4)26-22(29)11-15-10-21(28)17-7-6-16(32-5)12-18(15)17/h6-7,12-15,19-20H,8-11H2,1-5H3,(H2,25,30)(H,26,29)(H,27,31)/t15?,19-,20-/m0/s1. The van der Waals surface area contributed by atoms with Crippen molar-refractivity contribution in [3.05, 3.63) is 29.3 Å². The van der Waals surface area contributed by atoms with Gasteiger partial charge in [-0.15, -0.1) is 0 Å². The summed E-state index contributed by atoms with van der Waals surface area (Å²) in [4.78, 5) is 49.8. The number of fused-ring (bicyclic) bond motifs is 1. The number of amides is 3. The van der Waals surface area contributed by atoms with Crippen molar-refractivity contribution in [2.75, 3.05) is 7.11 Å². The van der Waals surface area contributed by atoms with E-state index in [1.807, 2.05) is 27.7 Å². The van der Waals surface area contributed by atoms with E-state index in [2.05, 4.69) is 10.6 Å². The molecule has 176 valence electrons. The van der Waals surface area contributed by atoms with E-state index in [-0.39, 0.29) is 42.3 Å². The summed E-state index contributed by atoms with van der Waals surface area (Å²) in [6.07, 6.45) is 1.17. The Morgan fingerprint density at radius 1 is 1.06 bits per heavy atom. The second-order valence-corrected chi connectivity index (χ2v) is 9.32. The molecule has 0 fully saturated rings. The van der Waals surface area contributed by atoms with Gasteiger partial charge in [-0.1, -0.05) is 27.7 Å². The lowest BCUT2D eigenvalue weighted by Crippen LogP contribution is -2.53. The number of benzene rings is 1. The van der Waals surface area contributed by atoms with Gasteiger partial charge >= 0.3 is 0 Å². The van der Waals surface area contributed by atoms with Gasteiger partial charge in [-0.2, -0.15) is 0 Å². The van der Waals surface area contributed by atoms with Crippen LogP contribution in [-0.4, -0.2) is 42.7 Å². The topological polar surface area (TPSA) is 128 Å². The smallest absolute Gasteiger partial charge is 0.243 e. The highest BCUT2D eigenvalue weighted by atomic mass is 16.5. The average molecular weight is 446 g/mol. The Kier molecular flexibility index (Phi) is 8.80. The first-order valence-electron chi connectivity index (χ1n) is 11.1. The van der Waals surface area contributed by atoms with E-state index in [1.165, 1.54) is 0 Å². The molecule has 0 spiro atoms. The summed E-state index contributed by atoms with van der Waals surface area (Å²) in [5.41, 5.74) is 6.84. The first kappa shape index (κ1) is 25.4. The van der Waals surface area contributed by atoms with Crippen LogP contribution in [0.15, 0.2) is 18.2 Å². The summed E-state index contributed by atoms with van der Waals surface area (Å²) in [6, 6.07) is 3.66. The third kappa shape index (κ3) is 6.80. The SMILES string of the molecule is COc1ccc2c(c1)C(CC(=O)N[C@@H](CC(C)C)C(=O)N[C@@H](CC(C)C)C(N)=O)CC2=O. The molecule has 1 aromatic rings. The molecule has 0 bridgehead atoms. The second-order valence-electron chi connectivity index (χ2n) is 9.32. The lowest BCUT2D eigenvalue weighted by atomic mass is 9.96. The average Bonchev–Trinajstić information content (AvgIpc) is 3.00. The molecule has 8 nitrogen and oxygen atoms in total. The number of hydrogen-bond acceptors (Lipinski definition) is 5. The van der Waals surface area contributed by atoms with Gasteiger partial charge in [-0.05, 0) is 48.4 Å². The van der Waals surface area contributed by atoms with E-state index in [0.717, 1.165) is 5.56 Å². The molecule has 0 saturated carbocycles. The van der Waals surface area contributed by atoms with E-state index in [4.69, 9.17) is 10.5 Å². The molecule has 1 unspecified atom stereocenters. The van der Waals surface area contributed by atoms with Crippen molar-refractivity contribution in [2.45, 2.75) is 71.4 Å². The summed E-state index contributed by atoms with van der Waals surface area (Å²) in [6.45, 7) is 7.77. The third-order valence-electron chi connectivity index (χ3n) is 5.59. The van der Waals surface area contributed by atoms with Crippen LogP contribution in [0.3, 0.4) is 0 Å². The quantitative estimate of drug-likeness (QED) is 0.482. The number of Topliss-reactive ketones (excluding diaryl/α,β-unsaturated/α-hetero) is 1. The van der Waals surface area contributed by atoms with Crippen molar-refractivity contribution in [2.24, 2.45) is 17.6 Å². The predicted octanol–water partition coefficient (Wildman–Crippen LogP) is 2.30. The second kappa shape index (κ2) is 11.1. The molecule has 8 heteroatoms. The zero-order chi connectivity index (χ0) is 24.0. The van der Waals surface area contributed by atoms with Crippen molar-refractivity contribution in [1.82, 2.24) is 10.6 Å². The maximum Gasteiger partial charge on any atom is 0.243 e. The highest BCUT2D eigenvalue weighted by molar-refractivity contribution is 6.02. The maximum absolute atomic E-state index is 12.9. The molecule has 1 aliphatic rings. The van der Waals surface area contributed by atoms with Crippen LogP contribution in [0, 0.1) is 11.8 Å². The van der Waals surface area contributed by atoms with Gasteiger partial charge in [0, 0.05) is 24.3 Å². The van der Waals surface area contributed by atoms with E-state index < -0.39 is 23.9 Å². The summed E-state index contributed by atoms with van der Waals surface area (Å²) in [7, 11) is 1.55. The largest absolute Gasteiger partial charge is 0.497 e. The molecule has 0 radical (unpaired) electrons. The van der Waals surface area contributed by atoms with Crippen LogP contribution in [0.5, 0.6) is 5.75 Å². The van der Waals surface area contributed by atoms with Crippen molar-refractivity contribution >= 4 is 23.5 Å². The molecule has 1 aromatic carbocycles. The van der Waals surface area contributed by atoms with Gasteiger partial charge in [0.2, 0.25) is 17.7 Å². The number of primary amides is 1. The summed E-state index contributed by atoms with van der Waals surface area (Å²) < 4.78 is 5.25. The van der Waals surface area contributed by atoms with Gasteiger partial charge < -0.3 is 21.1 Å². The van der Waals surface area contributed by atoms with E-state index in [1.54, 1.807) is 25.3 Å². The number of rotatable bonds is 11. The number of nitrogens with two attached hydrogens (primary N) is 1. The van der Waals surface area contributed by atoms with Crippen molar-refractivity contribution in [3.8, 4) is 5.75 Å². The van der Waals surface area contributed by atoms with Crippen molar-refractivity contribution in [1.29, 1.82) is 0 Å². The van der Waals surface area contributed by atoms with E-state index in [0.29, 0.717) is 24.2 Å². The summed E-state index contributed by atoms with van der Waals surface area (Å²) in [5, 5.41) is 5.49. The zero-order valence-electron chi connectivity index (χ0n) is 19.6. The summed E-state index contributed by atoms with van der Waals surface area (Å²) in [5.74, 6) is -0.686. The molecule has 2 rings (SSSR count). The van der Waals surface area contributed by atoms with Crippen LogP contribution >= 0.6 is 0 Å². The molecule has 0 heterocycles. The fraction of sp³-hybridized carbons (Fsp3) is 0.583. The Morgan fingerprint density at radius 2 is 1.69 bits per heavy atom. The van der Waals surface area contributed by atoms with Gasteiger partial charge in [0.25, 0.3) is 0 Å². The first-order valence-corrected chi connectivity index (χ1v) is 11.1. The molecule has 4 N–H and O–H groups in total. The lowest BCUT2D eigenvalue weighted by molar-refractivity contribution is -0.132. The van der Waals surface area contributed by atoms with Crippen LogP contribution < -0.4 is 21.1 Å². The number of carbonyl (C=O) groups excluding carboxylic acids is 4. The van der Waals surface area contributed by atoms with Crippen molar-refractivity contribution in [3.63, 3.8) is 0 Å². The molecular formula is C24H35N3O5. The Labute approximate surface area is 189 Å². The van der Waals surface area contributed by atoms with Crippen LogP contribution in [0.2, 0.25) is 0 Å². The zero-order valence-corrected chi connectivity index (χ0v) is 19.6. The lowest BCUT2D eigenvalue weighted by Gasteiger charge is -2.24.